The van der Waals surface area contributed by atoms with Crippen molar-refractivity contribution in [3.8, 4) is 17.2 Å². The first kappa shape index (κ1) is 22.4. The van der Waals surface area contributed by atoms with Crippen LogP contribution >= 0.6 is 0 Å². The van der Waals surface area contributed by atoms with Gasteiger partial charge in [0.15, 0.2) is 11.5 Å². The van der Waals surface area contributed by atoms with Gasteiger partial charge in [0.1, 0.15) is 5.75 Å². The van der Waals surface area contributed by atoms with Gasteiger partial charge in [0.2, 0.25) is 5.91 Å². The van der Waals surface area contributed by atoms with Crippen LogP contribution in [0, 0.1) is 0 Å². The lowest BCUT2D eigenvalue weighted by Crippen LogP contribution is -2.48. The van der Waals surface area contributed by atoms with E-state index in [-0.39, 0.29) is 17.2 Å². The summed E-state index contributed by atoms with van der Waals surface area (Å²) in [6.07, 6.45) is 2.40. The number of carbonyl (C=O) groups excluding carboxylic acids is 1. The van der Waals surface area contributed by atoms with E-state index in [4.69, 9.17) is 9.47 Å². The highest BCUT2D eigenvalue weighted by Gasteiger charge is 2.22. The summed E-state index contributed by atoms with van der Waals surface area (Å²) in [7, 11) is 3.06. The number of phenols is 1. The summed E-state index contributed by atoms with van der Waals surface area (Å²) in [6.45, 7) is 2.95. The van der Waals surface area contributed by atoms with Gasteiger partial charge >= 0.3 is 0 Å². The molecule has 33 heavy (non-hydrogen) atoms. The summed E-state index contributed by atoms with van der Waals surface area (Å²) >= 11 is 0. The number of hydrogen-bond donors (Lipinski definition) is 1. The zero-order chi connectivity index (χ0) is 23.4. The number of aryl methyl sites for hydroxylation is 1. The van der Waals surface area contributed by atoms with E-state index in [0.717, 1.165) is 5.69 Å². The van der Waals surface area contributed by atoms with E-state index in [1.807, 2.05) is 17.0 Å². The Balaban J connectivity index is 1.34. The number of carbonyl (C=O) groups is 1. The Kier molecular flexibility index (Phi) is 6.67. The number of nitrogens with zero attached hydrogens (tertiary/aromatic N) is 4. The van der Waals surface area contributed by atoms with Crippen molar-refractivity contribution in [3.05, 3.63) is 53.1 Å². The van der Waals surface area contributed by atoms with Crippen molar-refractivity contribution >= 4 is 22.5 Å². The lowest BCUT2D eigenvalue weighted by atomic mass is 10.2. The maximum absolute atomic E-state index is 12.9. The third kappa shape index (κ3) is 4.72. The number of benzene rings is 2. The molecule has 0 radical (unpaired) electrons. The molecule has 1 aliphatic rings. The average Bonchev–Trinajstić information content (AvgIpc) is 2.85. The van der Waals surface area contributed by atoms with Gasteiger partial charge in [-0.3, -0.25) is 14.2 Å². The molecule has 2 aromatic carbocycles. The van der Waals surface area contributed by atoms with E-state index in [1.54, 1.807) is 24.3 Å². The highest BCUT2D eigenvalue weighted by atomic mass is 16.5. The van der Waals surface area contributed by atoms with Gasteiger partial charge in [0.25, 0.3) is 5.56 Å². The van der Waals surface area contributed by atoms with Crippen LogP contribution in [-0.2, 0) is 11.3 Å². The van der Waals surface area contributed by atoms with Gasteiger partial charge in [-0.2, -0.15) is 0 Å². The fourth-order valence-electron chi connectivity index (χ4n) is 4.13. The van der Waals surface area contributed by atoms with Crippen LogP contribution in [-0.4, -0.2) is 65.9 Å². The van der Waals surface area contributed by atoms with E-state index in [1.165, 1.54) is 25.1 Å². The van der Waals surface area contributed by atoms with E-state index >= 15 is 0 Å². The van der Waals surface area contributed by atoms with E-state index in [0.29, 0.717) is 68.0 Å². The van der Waals surface area contributed by atoms with Crippen LogP contribution < -0.4 is 19.9 Å². The number of phenolic OH excluding ortho intramolecular Hbond substituents is 1. The van der Waals surface area contributed by atoms with Gasteiger partial charge in [0.05, 0.1) is 37.1 Å². The molecule has 2 heterocycles. The fourth-order valence-corrected chi connectivity index (χ4v) is 4.13. The molecule has 0 saturated carbocycles. The number of ether oxygens (including phenoxy) is 2. The lowest BCUT2D eigenvalue weighted by Gasteiger charge is -2.36. The van der Waals surface area contributed by atoms with Gasteiger partial charge in [-0.25, -0.2) is 4.98 Å². The number of aromatic hydroxyl groups is 1. The number of methoxy groups -OCH3 is 2. The maximum Gasteiger partial charge on any atom is 0.261 e. The molecule has 1 N–H and O–H groups in total. The molecule has 1 amide bonds. The molecule has 174 valence electrons. The van der Waals surface area contributed by atoms with Crippen molar-refractivity contribution in [2.24, 2.45) is 0 Å². The van der Waals surface area contributed by atoms with E-state index in [9.17, 15) is 14.7 Å². The Labute approximate surface area is 191 Å². The molecule has 0 bridgehead atoms. The molecule has 3 aromatic rings. The summed E-state index contributed by atoms with van der Waals surface area (Å²) in [4.78, 5) is 33.8. The molecular formula is C24H28N4O5. The predicted molar refractivity (Wildman–Crippen MR) is 125 cm³/mol. The molecule has 0 spiro atoms. The van der Waals surface area contributed by atoms with Crippen LogP contribution in [0.5, 0.6) is 17.2 Å². The van der Waals surface area contributed by atoms with Gasteiger partial charge in [-0.15, -0.1) is 0 Å². The first-order chi connectivity index (χ1) is 16.0. The topological polar surface area (TPSA) is 97.1 Å². The standard InChI is InChI=1S/C24H28N4O5/c1-32-21-14-17-18(15-22(21)33-2)25-16-28(24(17)31)9-5-8-23(30)27-12-10-26(11-13-27)19-6-3-4-7-20(19)29/h3-4,6-7,14-16,29H,5,8-13H2,1-2H3. The first-order valence-electron chi connectivity index (χ1n) is 10.9. The molecule has 4 rings (SSSR count). The van der Waals surface area contributed by atoms with Crippen molar-refractivity contribution < 1.29 is 19.4 Å². The zero-order valence-electron chi connectivity index (χ0n) is 18.9. The van der Waals surface area contributed by atoms with Crippen molar-refractivity contribution in [1.82, 2.24) is 14.5 Å². The highest BCUT2D eigenvalue weighted by molar-refractivity contribution is 5.81. The second-order valence-electron chi connectivity index (χ2n) is 7.93. The Bertz CT molecular complexity index is 1200. The van der Waals surface area contributed by atoms with Crippen molar-refractivity contribution in [2.75, 3.05) is 45.3 Å². The third-order valence-corrected chi connectivity index (χ3v) is 5.97. The molecule has 1 aliphatic heterocycles. The number of piperazine rings is 1. The SMILES string of the molecule is COc1cc2ncn(CCCC(=O)N3CCN(c4ccccc4O)CC3)c(=O)c2cc1OC. The number of rotatable bonds is 7. The summed E-state index contributed by atoms with van der Waals surface area (Å²) in [5.74, 6) is 1.31. The minimum Gasteiger partial charge on any atom is -0.506 e. The van der Waals surface area contributed by atoms with Crippen molar-refractivity contribution in [2.45, 2.75) is 19.4 Å². The average molecular weight is 453 g/mol. The molecule has 0 aliphatic carbocycles. The molecule has 9 heteroatoms. The maximum atomic E-state index is 12.9. The number of para-hydroxylation sites is 2. The number of hydrogen-bond acceptors (Lipinski definition) is 7. The van der Waals surface area contributed by atoms with E-state index < -0.39 is 0 Å². The zero-order valence-corrected chi connectivity index (χ0v) is 18.9. The number of fused-ring (bicyclic) bond motifs is 1. The van der Waals surface area contributed by atoms with Gasteiger partial charge < -0.3 is 24.4 Å². The molecule has 9 nitrogen and oxygen atoms in total. The number of aromatic nitrogens is 2. The van der Waals surface area contributed by atoms with Gasteiger partial charge in [0, 0.05) is 45.2 Å². The number of amides is 1. The van der Waals surface area contributed by atoms with Crippen molar-refractivity contribution in [3.63, 3.8) is 0 Å². The predicted octanol–water partition coefficient (Wildman–Crippen LogP) is 2.25. The van der Waals surface area contributed by atoms with Gasteiger partial charge in [-0.1, -0.05) is 12.1 Å². The second kappa shape index (κ2) is 9.81. The molecule has 1 saturated heterocycles. The molecule has 1 fully saturated rings. The van der Waals surface area contributed by atoms with Crippen LogP contribution in [0.15, 0.2) is 47.5 Å². The quantitative estimate of drug-likeness (QED) is 0.587. The van der Waals surface area contributed by atoms with E-state index in [2.05, 4.69) is 9.88 Å². The highest BCUT2D eigenvalue weighted by Crippen LogP contribution is 2.30. The largest absolute Gasteiger partial charge is 0.506 e. The van der Waals surface area contributed by atoms with Crippen LogP contribution in [0.2, 0.25) is 0 Å². The van der Waals surface area contributed by atoms with Crippen LogP contribution in [0.25, 0.3) is 10.9 Å². The molecule has 0 atom stereocenters. The minimum atomic E-state index is -0.176. The molecular weight excluding hydrogens is 424 g/mol. The van der Waals surface area contributed by atoms with Crippen LogP contribution in [0.3, 0.4) is 0 Å². The Morgan fingerprint density at radius 1 is 1.06 bits per heavy atom. The normalized spacial score (nSPS) is 13.9. The second-order valence-corrected chi connectivity index (χ2v) is 7.93. The summed E-state index contributed by atoms with van der Waals surface area (Å²) in [6, 6.07) is 10.6. The summed E-state index contributed by atoms with van der Waals surface area (Å²) < 4.78 is 12.1. The summed E-state index contributed by atoms with van der Waals surface area (Å²) in [5.41, 5.74) is 1.15. The first-order valence-corrected chi connectivity index (χ1v) is 10.9. The molecule has 1 aromatic heterocycles. The van der Waals surface area contributed by atoms with Crippen LogP contribution in [0.4, 0.5) is 5.69 Å². The lowest BCUT2D eigenvalue weighted by molar-refractivity contribution is -0.131. The minimum absolute atomic E-state index is 0.0696. The Morgan fingerprint density at radius 2 is 1.76 bits per heavy atom. The Hall–Kier alpha value is -3.75. The fraction of sp³-hybridized carbons (Fsp3) is 0.375. The van der Waals surface area contributed by atoms with Gasteiger partial charge in [-0.05, 0) is 24.6 Å². The number of anilines is 1. The smallest absolute Gasteiger partial charge is 0.261 e. The van der Waals surface area contributed by atoms with Crippen molar-refractivity contribution in [1.29, 1.82) is 0 Å². The van der Waals surface area contributed by atoms with Crippen LogP contribution in [0.1, 0.15) is 12.8 Å². The summed E-state index contributed by atoms with van der Waals surface area (Å²) in [5, 5.41) is 10.5. The monoisotopic (exact) mass is 452 g/mol. The third-order valence-electron chi connectivity index (χ3n) is 5.97. The molecule has 0 unspecified atom stereocenters. The Morgan fingerprint density at radius 3 is 2.45 bits per heavy atom.